The smallest absolute Gasteiger partial charge is 0.349 e. The van der Waals surface area contributed by atoms with Crippen molar-refractivity contribution < 1.29 is 34.0 Å². The van der Waals surface area contributed by atoms with Crippen LogP contribution in [0.2, 0.25) is 0 Å². The fourth-order valence-electron chi connectivity index (χ4n) is 2.90. The molecular formula is C27H44N4O7. The van der Waals surface area contributed by atoms with Crippen LogP contribution < -0.4 is 21.6 Å². The second kappa shape index (κ2) is 24.1. The zero-order valence-corrected chi connectivity index (χ0v) is 22.8. The standard InChI is InChI=1S/C27H44N4O7/c1-22(15-16-26(34)38-31-20-10-6-4-8-17-28-3)21-24(32)29-18-9-5-7-11-19-30-37-25(33)14-12-13-23(2)27(35)36/h12-16,21,28,30-31H,4-11,17-20H2,1-3H3,(H,29,32)(H,35,36)/b14-12+,16-15+,22-21+,23-13+. The van der Waals surface area contributed by atoms with Gasteiger partial charge in [-0.15, -0.1) is 0 Å². The summed E-state index contributed by atoms with van der Waals surface area (Å²) in [4.78, 5) is 55.5. The van der Waals surface area contributed by atoms with E-state index in [4.69, 9.17) is 14.8 Å². The number of carboxylic acids is 1. The second-order valence-corrected chi connectivity index (χ2v) is 8.59. The summed E-state index contributed by atoms with van der Waals surface area (Å²) in [5.41, 5.74) is 5.96. The highest BCUT2D eigenvalue weighted by Crippen LogP contribution is 2.00. The average Bonchev–Trinajstić information content (AvgIpc) is 2.87. The lowest BCUT2D eigenvalue weighted by Gasteiger charge is -2.05. The molecule has 0 heterocycles. The normalized spacial score (nSPS) is 12.2. The maximum absolute atomic E-state index is 12.0. The van der Waals surface area contributed by atoms with Gasteiger partial charge in [-0.1, -0.05) is 43.9 Å². The summed E-state index contributed by atoms with van der Waals surface area (Å²) in [6.45, 7) is 5.78. The summed E-state index contributed by atoms with van der Waals surface area (Å²) in [5.74, 6) is -2.41. The fourth-order valence-corrected chi connectivity index (χ4v) is 2.90. The molecule has 0 atom stereocenters. The van der Waals surface area contributed by atoms with Crippen LogP contribution in [-0.2, 0) is 28.9 Å². The molecule has 0 aromatic rings. The van der Waals surface area contributed by atoms with Crippen molar-refractivity contribution >= 4 is 23.8 Å². The van der Waals surface area contributed by atoms with Gasteiger partial charge in [-0.05, 0) is 58.7 Å². The fraction of sp³-hybridized carbons (Fsp3) is 0.556. The molecule has 0 rings (SSSR count). The molecule has 0 unspecified atom stereocenters. The number of hydrogen-bond donors (Lipinski definition) is 5. The minimum atomic E-state index is -1.05. The van der Waals surface area contributed by atoms with Crippen molar-refractivity contribution in [2.24, 2.45) is 0 Å². The van der Waals surface area contributed by atoms with E-state index in [1.165, 1.54) is 37.3 Å². The van der Waals surface area contributed by atoms with Crippen molar-refractivity contribution in [3.63, 3.8) is 0 Å². The maximum atomic E-state index is 12.0. The third-order valence-corrected chi connectivity index (χ3v) is 5.06. The highest BCUT2D eigenvalue weighted by Gasteiger charge is 2.01. The molecule has 0 fully saturated rings. The average molecular weight is 537 g/mol. The predicted octanol–water partition coefficient (Wildman–Crippen LogP) is 2.63. The van der Waals surface area contributed by atoms with Gasteiger partial charge in [0.15, 0.2) is 0 Å². The molecule has 0 aliphatic heterocycles. The van der Waals surface area contributed by atoms with Crippen LogP contribution in [0.15, 0.2) is 47.6 Å². The lowest BCUT2D eigenvalue weighted by molar-refractivity contribution is -0.145. The number of carbonyl (C=O) groups is 4. The van der Waals surface area contributed by atoms with Crippen molar-refractivity contribution in [3.05, 3.63) is 47.6 Å². The Labute approximate surface area is 225 Å². The summed E-state index contributed by atoms with van der Waals surface area (Å²) in [6, 6.07) is 0. The van der Waals surface area contributed by atoms with Gasteiger partial charge in [0, 0.05) is 43.4 Å². The van der Waals surface area contributed by atoms with E-state index in [2.05, 4.69) is 21.6 Å². The molecule has 0 saturated heterocycles. The number of carboxylic acid groups (broad SMARTS) is 1. The van der Waals surface area contributed by atoms with Crippen molar-refractivity contribution in [2.75, 3.05) is 33.2 Å². The Morgan fingerprint density at radius 3 is 1.79 bits per heavy atom. The van der Waals surface area contributed by atoms with E-state index < -0.39 is 17.9 Å². The number of amides is 1. The molecule has 214 valence electrons. The molecule has 0 bridgehead atoms. The van der Waals surface area contributed by atoms with Gasteiger partial charge in [-0.25, -0.2) is 14.4 Å². The molecule has 11 heteroatoms. The number of aliphatic carboxylic acids is 1. The molecule has 0 aliphatic carbocycles. The number of carbonyl (C=O) groups excluding carboxylic acids is 3. The van der Waals surface area contributed by atoms with Crippen LogP contribution >= 0.6 is 0 Å². The Hall–Kier alpha value is -3.28. The number of hydrogen-bond acceptors (Lipinski definition) is 9. The van der Waals surface area contributed by atoms with Crippen LogP contribution in [0, 0.1) is 0 Å². The Bertz CT molecular complexity index is 835. The SMILES string of the molecule is CNCCCCCCNOC(=O)/C=C/C(C)=C/C(=O)NCCCCCCNOC(=O)/C=C/C=C(\C)C(=O)O. The van der Waals surface area contributed by atoms with E-state index in [1.807, 2.05) is 7.05 Å². The maximum Gasteiger partial charge on any atom is 0.349 e. The van der Waals surface area contributed by atoms with Gasteiger partial charge >= 0.3 is 17.9 Å². The first-order valence-electron chi connectivity index (χ1n) is 13.0. The van der Waals surface area contributed by atoms with Gasteiger partial charge in [0.05, 0.1) is 0 Å². The minimum absolute atomic E-state index is 0.115. The van der Waals surface area contributed by atoms with Crippen molar-refractivity contribution in [3.8, 4) is 0 Å². The largest absolute Gasteiger partial charge is 0.478 e. The Morgan fingerprint density at radius 1 is 0.711 bits per heavy atom. The van der Waals surface area contributed by atoms with E-state index in [-0.39, 0.29) is 11.5 Å². The predicted molar refractivity (Wildman–Crippen MR) is 145 cm³/mol. The van der Waals surface area contributed by atoms with Gasteiger partial charge < -0.3 is 25.4 Å². The number of nitrogens with one attached hydrogen (secondary N) is 4. The van der Waals surface area contributed by atoms with Crippen molar-refractivity contribution in [2.45, 2.75) is 65.2 Å². The number of allylic oxidation sites excluding steroid dienone is 4. The third kappa shape index (κ3) is 23.1. The molecule has 0 radical (unpaired) electrons. The molecule has 0 aliphatic rings. The lowest BCUT2D eigenvalue weighted by Crippen LogP contribution is -2.22. The van der Waals surface area contributed by atoms with Gasteiger partial charge in [-0.3, -0.25) is 4.79 Å². The molecule has 1 amide bonds. The zero-order valence-electron chi connectivity index (χ0n) is 22.8. The van der Waals surface area contributed by atoms with Gasteiger partial charge in [0.25, 0.3) is 0 Å². The van der Waals surface area contributed by atoms with E-state index in [0.717, 1.165) is 64.0 Å². The van der Waals surface area contributed by atoms with Crippen LogP contribution in [0.1, 0.15) is 65.2 Å². The first-order chi connectivity index (χ1) is 18.3. The third-order valence-electron chi connectivity index (χ3n) is 5.06. The number of hydroxylamine groups is 2. The second-order valence-electron chi connectivity index (χ2n) is 8.59. The Morgan fingerprint density at radius 2 is 1.24 bits per heavy atom. The van der Waals surface area contributed by atoms with E-state index in [9.17, 15) is 19.2 Å². The molecule has 0 aromatic carbocycles. The van der Waals surface area contributed by atoms with Gasteiger partial charge in [-0.2, -0.15) is 11.0 Å². The van der Waals surface area contributed by atoms with Crippen LogP contribution in [0.4, 0.5) is 0 Å². The number of rotatable bonds is 22. The topological polar surface area (TPSA) is 155 Å². The summed E-state index contributed by atoms with van der Waals surface area (Å²) in [5, 5.41) is 14.6. The molecule has 0 spiro atoms. The zero-order chi connectivity index (χ0) is 28.4. The molecular weight excluding hydrogens is 492 g/mol. The van der Waals surface area contributed by atoms with Crippen LogP contribution in [0.25, 0.3) is 0 Å². The highest BCUT2D eigenvalue weighted by molar-refractivity contribution is 5.89. The summed E-state index contributed by atoms with van der Waals surface area (Å²) < 4.78 is 0. The Kier molecular flexibility index (Phi) is 22.0. The molecule has 11 nitrogen and oxygen atoms in total. The summed E-state index contributed by atoms with van der Waals surface area (Å²) >= 11 is 0. The summed E-state index contributed by atoms with van der Waals surface area (Å²) in [7, 11) is 1.93. The van der Waals surface area contributed by atoms with Crippen LogP contribution in [-0.4, -0.2) is 62.1 Å². The van der Waals surface area contributed by atoms with E-state index in [0.29, 0.717) is 25.2 Å². The quantitative estimate of drug-likeness (QED) is 0.0603. The first kappa shape index (κ1) is 34.7. The van der Waals surface area contributed by atoms with Crippen LogP contribution in [0.3, 0.4) is 0 Å². The van der Waals surface area contributed by atoms with Crippen LogP contribution in [0.5, 0.6) is 0 Å². The molecule has 38 heavy (non-hydrogen) atoms. The Balaban J connectivity index is 3.79. The lowest BCUT2D eigenvalue weighted by atomic mass is 10.2. The molecule has 0 aromatic heterocycles. The van der Waals surface area contributed by atoms with Gasteiger partial charge in [0.2, 0.25) is 5.91 Å². The first-order valence-corrected chi connectivity index (χ1v) is 13.0. The van der Waals surface area contributed by atoms with E-state index >= 15 is 0 Å². The van der Waals surface area contributed by atoms with Gasteiger partial charge in [0.1, 0.15) is 0 Å². The van der Waals surface area contributed by atoms with Crippen molar-refractivity contribution in [1.82, 2.24) is 21.6 Å². The highest BCUT2D eigenvalue weighted by atomic mass is 16.7. The molecule has 5 N–H and O–H groups in total. The number of unbranched alkanes of at least 4 members (excludes halogenated alkanes) is 6. The molecule has 0 saturated carbocycles. The minimum Gasteiger partial charge on any atom is -0.478 e. The van der Waals surface area contributed by atoms with E-state index in [1.54, 1.807) is 6.92 Å². The monoisotopic (exact) mass is 536 g/mol. The summed E-state index contributed by atoms with van der Waals surface area (Å²) in [6.07, 6.45) is 15.6. The van der Waals surface area contributed by atoms with Crippen molar-refractivity contribution in [1.29, 1.82) is 0 Å².